The highest BCUT2D eigenvalue weighted by Gasteiger charge is 2.26. The molecular weight excluding hydrogens is 358 g/mol. The van der Waals surface area contributed by atoms with Crippen LogP contribution in [0.2, 0.25) is 0 Å². The predicted molar refractivity (Wildman–Crippen MR) is 110 cm³/mol. The molecule has 27 heavy (non-hydrogen) atoms. The number of para-hydroxylation sites is 1. The van der Waals surface area contributed by atoms with Gasteiger partial charge in [-0.2, -0.15) is 0 Å². The van der Waals surface area contributed by atoms with Crippen LogP contribution in [0.15, 0.2) is 59.5 Å². The molecule has 0 radical (unpaired) electrons. The Morgan fingerprint density at radius 3 is 2.74 bits per heavy atom. The third kappa shape index (κ3) is 5.84. The van der Waals surface area contributed by atoms with Crippen molar-refractivity contribution >= 4 is 29.3 Å². The van der Waals surface area contributed by atoms with Gasteiger partial charge in [-0.25, -0.2) is 0 Å². The summed E-state index contributed by atoms with van der Waals surface area (Å²) in [6.45, 7) is 2.18. The van der Waals surface area contributed by atoms with E-state index in [0.717, 1.165) is 23.7 Å². The van der Waals surface area contributed by atoms with Crippen molar-refractivity contribution in [3.05, 3.63) is 60.2 Å². The average molecular weight is 384 g/mol. The lowest BCUT2D eigenvalue weighted by molar-refractivity contribution is -0.126. The molecule has 2 amide bonds. The zero-order chi connectivity index (χ0) is 19.1. The number of likely N-dealkylation sites (N-methyl/N-ethyl adjacent to an activating group) is 1. The quantitative estimate of drug-likeness (QED) is 0.772. The highest BCUT2D eigenvalue weighted by molar-refractivity contribution is 7.99. The van der Waals surface area contributed by atoms with Crippen LogP contribution >= 0.6 is 11.8 Å². The first-order valence-electron chi connectivity index (χ1n) is 9.13. The highest BCUT2D eigenvalue weighted by Crippen LogP contribution is 2.32. The van der Waals surface area contributed by atoms with Gasteiger partial charge in [-0.15, -0.1) is 11.8 Å². The smallest absolute Gasteiger partial charge is 0.228 e. The first kappa shape index (κ1) is 19.5. The van der Waals surface area contributed by atoms with Gasteiger partial charge in [-0.1, -0.05) is 42.5 Å². The van der Waals surface area contributed by atoms with Crippen LogP contribution in [0.5, 0.6) is 0 Å². The normalized spacial score (nSPS) is 16.4. The van der Waals surface area contributed by atoms with Gasteiger partial charge in [0, 0.05) is 36.7 Å². The Labute approximate surface area is 164 Å². The van der Waals surface area contributed by atoms with E-state index in [9.17, 15) is 9.59 Å². The molecule has 0 saturated carbocycles. The topological polar surface area (TPSA) is 61.4 Å². The fourth-order valence-electron chi connectivity index (χ4n) is 3.00. The van der Waals surface area contributed by atoms with Crippen molar-refractivity contribution in [3.8, 4) is 0 Å². The summed E-state index contributed by atoms with van der Waals surface area (Å²) in [5.74, 6) is 0.146. The number of carbonyl (C=O) groups is 2. The van der Waals surface area contributed by atoms with Gasteiger partial charge < -0.3 is 15.5 Å². The third-order valence-electron chi connectivity index (χ3n) is 4.50. The number of carbonyl (C=O) groups excluding carboxylic acids is 2. The van der Waals surface area contributed by atoms with Crippen LogP contribution in [-0.4, -0.2) is 42.6 Å². The fourth-order valence-corrected chi connectivity index (χ4v) is 4.10. The minimum absolute atomic E-state index is 0.0742. The lowest BCUT2D eigenvalue weighted by Crippen LogP contribution is -2.35. The molecule has 0 aromatic heterocycles. The Bertz CT molecular complexity index is 782. The Kier molecular flexibility index (Phi) is 6.90. The zero-order valence-electron chi connectivity index (χ0n) is 15.5. The molecule has 2 aromatic carbocycles. The van der Waals surface area contributed by atoms with Crippen LogP contribution in [0.1, 0.15) is 12.0 Å². The van der Waals surface area contributed by atoms with Gasteiger partial charge in [0.25, 0.3) is 0 Å². The number of thioether (sulfide) groups is 1. The lowest BCUT2D eigenvalue weighted by atomic mass is 10.1. The van der Waals surface area contributed by atoms with Crippen molar-refractivity contribution < 1.29 is 9.59 Å². The van der Waals surface area contributed by atoms with E-state index in [1.54, 1.807) is 11.8 Å². The molecule has 3 rings (SSSR count). The van der Waals surface area contributed by atoms with E-state index in [4.69, 9.17) is 0 Å². The number of benzene rings is 2. The zero-order valence-corrected chi connectivity index (χ0v) is 16.3. The molecule has 0 unspecified atom stereocenters. The van der Waals surface area contributed by atoms with Gasteiger partial charge in [0.2, 0.25) is 11.8 Å². The van der Waals surface area contributed by atoms with Crippen molar-refractivity contribution in [2.75, 3.05) is 31.2 Å². The molecule has 0 fully saturated rings. The largest absolute Gasteiger partial charge is 0.355 e. The van der Waals surface area contributed by atoms with Gasteiger partial charge in [0.15, 0.2) is 0 Å². The molecule has 142 valence electrons. The second kappa shape index (κ2) is 9.58. The van der Waals surface area contributed by atoms with E-state index in [1.165, 1.54) is 5.56 Å². The number of nitrogens with zero attached hydrogens (tertiary/aromatic N) is 1. The van der Waals surface area contributed by atoms with Crippen LogP contribution in [-0.2, 0) is 16.1 Å². The summed E-state index contributed by atoms with van der Waals surface area (Å²) in [7, 11) is 2.03. The SMILES string of the molecule is CN(CCNC(=O)C[C@@H]1CSc2ccccc2NC1=O)Cc1ccccc1. The van der Waals surface area contributed by atoms with Crippen molar-refractivity contribution in [2.24, 2.45) is 5.92 Å². The molecule has 0 aliphatic carbocycles. The third-order valence-corrected chi connectivity index (χ3v) is 5.73. The molecule has 0 saturated heterocycles. The molecule has 0 bridgehead atoms. The molecule has 5 nitrogen and oxygen atoms in total. The van der Waals surface area contributed by atoms with E-state index in [2.05, 4.69) is 27.7 Å². The molecule has 2 aromatic rings. The van der Waals surface area contributed by atoms with Crippen molar-refractivity contribution in [3.63, 3.8) is 0 Å². The highest BCUT2D eigenvalue weighted by atomic mass is 32.2. The summed E-state index contributed by atoms with van der Waals surface area (Å²) in [6, 6.07) is 18.0. The van der Waals surface area contributed by atoms with Crippen molar-refractivity contribution in [1.29, 1.82) is 0 Å². The summed E-state index contributed by atoms with van der Waals surface area (Å²) in [4.78, 5) is 27.9. The monoisotopic (exact) mass is 383 g/mol. The Hall–Kier alpha value is -2.31. The number of fused-ring (bicyclic) bond motifs is 1. The van der Waals surface area contributed by atoms with Crippen molar-refractivity contribution in [1.82, 2.24) is 10.2 Å². The van der Waals surface area contributed by atoms with Gasteiger partial charge in [0.05, 0.1) is 11.6 Å². The molecule has 1 heterocycles. The summed E-state index contributed by atoms with van der Waals surface area (Å²) >= 11 is 1.62. The number of amides is 2. The van der Waals surface area contributed by atoms with Crippen LogP contribution in [0.4, 0.5) is 5.69 Å². The van der Waals surface area contributed by atoms with Gasteiger partial charge in [-0.05, 0) is 24.7 Å². The standard InChI is InChI=1S/C21H25N3O2S/c1-24(14-16-7-3-2-4-8-16)12-11-22-20(25)13-17-15-27-19-10-6-5-9-18(19)23-21(17)26/h2-10,17H,11-15H2,1H3,(H,22,25)(H,23,26)/t17-/m1/s1. The predicted octanol–water partition coefficient (Wildman–Crippen LogP) is 2.99. The first-order chi connectivity index (χ1) is 13.1. The van der Waals surface area contributed by atoms with E-state index in [-0.39, 0.29) is 24.2 Å². The maximum absolute atomic E-state index is 12.4. The molecule has 6 heteroatoms. The fraction of sp³-hybridized carbons (Fsp3) is 0.333. The molecule has 1 aliphatic rings. The maximum atomic E-state index is 12.4. The number of nitrogens with one attached hydrogen (secondary N) is 2. The van der Waals surface area contributed by atoms with E-state index in [1.807, 2.05) is 49.5 Å². The Balaban J connectivity index is 1.41. The van der Waals surface area contributed by atoms with Crippen LogP contribution in [0.3, 0.4) is 0 Å². The average Bonchev–Trinajstić information content (AvgIpc) is 2.81. The second-order valence-electron chi connectivity index (χ2n) is 6.77. The molecular formula is C21H25N3O2S. The number of rotatable bonds is 7. The Morgan fingerprint density at radius 1 is 1.19 bits per heavy atom. The van der Waals surface area contributed by atoms with Gasteiger partial charge >= 0.3 is 0 Å². The van der Waals surface area contributed by atoms with Gasteiger partial charge in [0.1, 0.15) is 0 Å². The minimum Gasteiger partial charge on any atom is -0.355 e. The lowest BCUT2D eigenvalue weighted by Gasteiger charge is -2.18. The van der Waals surface area contributed by atoms with E-state index < -0.39 is 0 Å². The van der Waals surface area contributed by atoms with E-state index >= 15 is 0 Å². The van der Waals surface area contributed by atoms with Crippen LogP contribution in [0.25, 0.3) is 0 Å². The number of anilines is 1. The molecule has 1 atom stereocenters. The Morgan fingerprint density at radius 2 is 1.93 bits per heavy atom. The van der Waals surface area contributed by atoms with Crippen molar-refractivity contribution in [2.45, 2.75) is 17.9 Å². The summed E-state index contributed by atoms with van der Waals surface area (Å²) in [6.07, 6.45) is 0.217. The number of hydrogen-bond acceptors (Lipinski definition) is 4. The number of hydrogen-bond donors (Lipinski definition) is 2. The van der Waals surface area contributed by atoms with Crippen LogP contribution in [0, 0.1) is 5.92 Å². The second-order valence-corrected chi connectivity index (χ2v) is 7.83. The first-order valence-corrected chi connectivity index (χ1v) is 10.1. The summed E-state index contributed by atoms with van der Waals surface area (Å²) in [5, 5.41) is 5.87. The van der Waals surface area contributed by atoms with Gasteiger partial charge in [-0.3, -0.25) is 9.59 Å². The van der Waals surface area contributed by atoms with E-state index in [0.29, 0.717) is 12.3 Å². The molecule has 1 aliphatic heterocycles. The maximum Gasteiger partial charge on any atom is 0.228 e. The summed E-state index contributed by atoms with van der Waals surface area (Å²) in [5.41, 5.74) is 2.08. The molecule has 0 spiro atoms. The van der Waals surface area contributed by atoms with Crippen LogP contribution < -0.4 is 10.6 Å². The molecule has 2 N–H and O–H groups in total. The summed E-state index contributed by atoms with van der Waals surface area (Å²) < 4.78 is 0. The minimum atomic E-state index is -0.315.